The van der Waals surface area contributed by atoms with Gasteiger partial charge in [0, 0.05) is 12.5 Å². The number of anilines is 1. The van der Waals surface area contributed by atoms with E-state index in [0.29, 0.717) is 18.0 Å². The zero-order chi connectivity index (χ0) is 23.7. The van der Waals surface area contributed by atoms with E-state index in [2.05, 4.69) is 45.5 Å². The number of hydrogen-bond acceptors (Lipinski definition) is 5. The molecule has 1 aliphatic heterocycles. The number of carbonyl (C=O) groups excluding carboxylic acids is 1. The Morgan fingerprint density at radius 1 is 1.06 bits per heavy atom. The molecule has 0 unspecified atom stereocenters. The maximum Gasteiger partial charge on any atom is 0.228 e. The molecule has 1 saturated carbocycles. The fraction of sp³-hybridized carbons (Fsp3) is 0.462. The van der Waals surface area contributed by atoms with Gasteiger partial charge < -0.3 is 5.32 Å². The summed E-state index contributed by atoms with van der Waals surface area (Å²) < 4.78 is 26.7. The molecule has 7 nitrogen and oxygen atoms in total. The molecule has 1 aliphatic carbocycles. The topological polar surface area (TPSA) is 83.8 Å². The highest BCUT2D eigenvalue weighted by Crippen LogP contribution is 2.30. The number of pyridine rings is 1. The van der Waals surface area contributed by atoms with Gasteiger partial charge in [0.05, 0.1) is 22.9 Å². The third kappa shape index (κ3) is 5.03. The number of rotatable bonds is 8. The van der Waals surface area contributed by atoms with Crippen molar-refractivity contribution >= 4 is 27.2 Å². The zero-order valence-electron chi connectivity index (χ0n) is 19.6. The number of hydrogen-bond donors (Lipinski definition) is 1. The molecule has 1 saturated heterocycles. The number of nitrogens with one attached hydrogen (secondary N) is 1. The van der Waals surface area contributed by atoms with Crippen molar-refractivity contribution in [3.8, 4) is 11.3 Å². The molecule has 1 N–H and O–H groups in total. The summed E-state index contributed by atoms with van der Waals surface area (Å²) in [7, 11) is -2.95. The van der Waals surface area contributed by atoms with Gasteiger partial charge in [0.25, 0.3) is 0 Å². The average Bonchev–Trinajstić information content (AvgIpc) is 3.60. The summed E-state index contributed by atoms with van der Waals surface area (Å²) in [5.74, 6) is 1.09. The molecule has 8 heteroatoms. The van der Waals surface area contributed by atoms with Crippen LogP contribution in [0.25, 0.3) is 16.9 Å². The van der Waals surface area contributed by atoms with E-state index in [-0.39, 0.29) is 17.1 Å². The summed E-state index contributed by atoms with van der Waals surface area (Å²) in [5.41, 5.74) is 4.11. The third-order valence-corrected chi connectivity index (χ3v) is 9.34. The van der Waals surface area contributed by atoms with Crippen LogP contribution in [0, 0.1) is 5.92 Å². The summed E-state index contributed by atoms with van der Waals surface area (Å²) in [6.07, 6.45) is 5.96. The Hall–Kier alpha value is -2.71. The van der Waals surface area contributed by atoms with E-state index >= 15 is 0 Å². The lowest BCUT2D eigenvalue weighted by Gasteiger charge is -2.31. The Labute approximate surface area is 201 Å². The number of sulfone groups is 1. The molecule has 34 heavy (non-hydrogen) atoms. The highest BCUT2D eigenvalue weighted by atomic mass is 32.2. The molecule has 3 heterocycles. The molecule has 2 aromatic heterocycles. The number of piperidine rings is 1. The van der Waals surface area contributed by atoms with Crippen LogP contribution in [-0.4, -0.2) is 52.7 Å². The normalized spacial score (nSPS) is 17.8. The van der Waals surface area contributed by atoms with Crippen molar-refractivity contribution in [2.75, 3.05) is 24.2 Å². The lowest BCUT2D eigenvalue weighted by Crippen LogP contribution is -2.39. The third-order valence-electron chi connectivity index (χ3n) is 6.88. The lowest BCUT2D eigenvalue weighted by atomic mass is 10.1. The van der Waals surface area contributed by atoms with Gasteiger partial charge in [0.1, 0.15) is 5.65 Å². The van der Waals surface area contributed by atoms with Gasteiger partial charge in [-0.05, 0) is 68.5 Å². The minimum atomic E-state index is -2.95. The van der Waals surface area contributed by atoms with Crippen molar-refractivity contribution in [3.63, 3.8) is 0 Å². The fourth-order valence-corrected chi connectivity index (χ4v) is 6.63. The quantitative estimate of drug-likeness (QED) is 0.524. The van der Waals surface area contributed by atoms with Gasteiger partial charge in [-0.25, -0.2) is 13.4 Å². The van der Waals surface area contributed by atoms with Crippen molar-refractivity contribution in [2.24, 2.45) is 5.92 Å². The number of amides is 1. The van der Waals surface area contributed by atoms with Crippen LogP contribution in [0.1, 0.15) is 44.6 Å². The largest absolute Gasteiger partial charge is 0.309 e. The van der Waals surface area contributed by atoms with Crippen molar-refractivity contribution < 1.29 is 13.2 Å². The highest BCUT2D eigenvalue weighted by Gasteiger charge is 2.30. The van der Waals surface area contributed by atoms with Crippen LogP contribution in [0.3, 0.4) is 0 Å². The van der Waals surface area contributed by atoms with Gasteiger partial charge in [-0.3, -0.25) is 14.1 Å². The number of nitrogens with zero attached hydrogens (tertiary/aromatic N) is 3. The van der Waals surface area contributed by atoms with E-state index in [1.54, 1.807) is 0 Å². The molecule has 5 rings (SSSR count). The molecule has 0 spiro atoms. The maximum atomic E-state index is 12.4. The molecule has 180 valence electrons. The molecule has 2 aliphatic rings. The Morgan fingerprint density at radius 3 is 2.47 bits per heavy atom. The second-order valence-corrected chi connectivity index (χ2v) is 12.0. The molecule has 0 atom stereocenters. The van der Waals surface area contributed by atoms with Crippen LogP contribution in [-0.2, 0) is 21.2 Å². The first kappa shape index (κ1) is 23.1. The first-order valence-corrected chi connectivity index (χ1v) is 14.0. The zero-order valence-corrected chi connectivity index (χ0v) is 20.4. The van der Waals surface area contributed by atoms with Gasteiger partial charge in [-0.15, -0.1) is 0 Å². The Morgan fingerprint density at radius 2 is 1.79 bits per heavy atom. The van der Waals surface area contributed by atoms with Gasteiger partial charge in [-0.1, -0.05) is 37.3 Å². The van der Waals surface area contributed by atoms with Crippen LogP contribution >= 0.6 is 0 Å². The Balaban J connectivity index is 1.25. The molecule has 0 radical (unpaired) electrons. The summed E-state index contributed by atoms with van der Waals surface area (Å²) in [5, 5.41) is 2.75. The molecule has 2 fully saturated rings. The average molecular weight is 481 g/mol. The minimum absolute atomic E-state index is 0.0568. The van der Waals surface area contributed by atoms with E-state index in [1.165, 1.54) is 5.56 Å². The molecular formula is C26H32N4O3S. The number of aromatic nitrogens is 2. The fourth-order valence-electron chi connectivity index (χ4n) is 4.80. The predicted molar refractivity (Wildman–Crippen MR) is 134 cm³/mol. The van der Waals surface area contributed by atoms with Crippen molar-refractivity contribution in [2.45, 2.75) is 50.8 Å². The SMILES string of the molecule is CCCS(=O)(=O)C1CCN(Cc2ccc(-c3cccc4nc(NC(=O)C5CC5)cn34)cc2)CC1. The first-order chi connectivity index (χ1) is 16.4. The number of carbonyl (C=O) groups is 1. The smallest absolute Gasteiger partial charge is 0.228 e. The number of benzene rings is 1. The van der Waals surface area contributed by atoms with Gasteiger partial charge in [0.2, 0.25) is 5.91 Å². The summed E-state index contributed by atoms with van der Waals surface area (Å²) in [6.45, 7) is 4.39. The first-order valence-electron chi connectivity index (χ1n) is 12.2. The summed E-state index contributed by atoms with van der Waals surface area (Å²) in [4.78, 5) is 19.0. The summed E-state index contributed by atoms with van der Waals surface area (Å²) >= 11 is 0. The second kappa shape index (κ2) is 9.50. The van der Waals surface area contributed by atoms with Crippen molar-refractivity contribution in [1.29, 1.82) is 0 Å². The Kier molecular flexibility index (Phi) is 6.44. The standard InChI is InChI=1S/C26H32N4O3S/c1-2-16-34(32,33)22-12-14-29(15-13-22)17-19-6-8-20(9-7-19)23-4-3-5-25-27-24(18-30(23)25)28-26(31)21-10-11-21/h3-9,18,21-22H,2,10-17H2,1H3,(H,28,31). The van der Waals surface area contributed by atoms with Gasteiger partial charge in [-0.2, -0.15) is 0 Å². The molecule has 3 aromatic rings. The van der Waals surface area contributed by atoms with E-state index in [0.717, 1.165) is 62.2 Å². The number of imidazole rings is 1. The molecular weight excluding hydrogens is 448 g/mol. The predicted octanol–water partition coefficient (Wildman–Crippen LogP) is 4.14. The van der Waals surface area contributed by atoms with Gasteiger partial charge >= 0.3 is 0 Å². The summed E-state index contributed by atoms with van der Waals surface area (Å²) in [6, 6.07) is 14.5. The van der Waals surface area contributed by atoms with Crippen LogP contribution in [0.15, 0.2) is 48.7 Å². The van der Waals surface area contributed by atoms with E-state index < -0.39 is 9.84 Å². The minimum Gasteiger partial charge on any atom is -0.309 e. The second-order valence-electron chi connectivity index (χ2n) is 9.57. The van der Waals surface area contributed by atoms with Gasteiger partial charge in [0.15, 0.2) is 15.7 Å². The Bertz CT molecular complexity index is 1270. The highest BCUT2D eigenvalue weighted by molar-refractivity contribution is 7.92. The van der Waals surface area contributed by atoms with Crippen molar-refractivity contribution in [1.82, 2.24) is 14.3 Å². The molecule has 1 aromatic carbocycles. The molecule has 1 amide bonds. The van der Waals surface area contributed by atoms with Crippen molar-refractivity contribution in [3.05, 3.63) is 54.2 Å². The maximum absolute atomic E-state index is 12.4. The number of likely N-dealkylation sites (tertiary alicyclic amines) is 1. The van der Waals surface area contributed by atoms with E-state index in [4.69, 9.17) is 0 Å². The monoisotopic (exact) mass is 480 g/mol. The van der Waals surface area contributed by atoms with Crippen LogP contribution in [0.4, 0.5) is 5.82 Å². The lowest BCUT2D eigenvalue weighted by molar-refractivity contribution is -0.117. The van der Waals surface area contributed by atoms with E-state index in [1.807, 2.05) is 29.7 Å². The van der Waals surface area contributed by atoms with Crippen LogP contribution in [0.5, 0.6) is 0 Å². The molecule has 0 bridgehead atoms. The van der Waals surface area contributed by atoms with Crippen LogP contribution in [0.2, 0.25) is 0 Å². The number of fused-ring (bicyclic) bond motifs is 1. The van der Waals surface area contributed by atoms with E-state index in [9.17, 15) is 13.2 Å². The van der Waals surface area contributed by atoms with Crippen LogP contribution < -0.4 is 5.32 Å².